The van der Waals surface area contributed by atoms with Crippen molar-refractivity contribution in [3.8, 4) is 18.1 Å². The topological polar surface area (TPSA) is 108 Å². The molecule has 0 radical (unpaired) electrons. The number of aromatic amines is 1. The van der Waals surface area contributed by atoms with Gasteiger partial charge in [-0.15, -0.1) is 6.42 Å². The van der Waals surface area contributed by atoms with E-state index in [-0.39, 0.29) is 17.9 Å². The summed E-state index contributed by atoms with van der Waals surface area (Å²) in [6.07, 6.45) is 6.82. The van der Waals surface area contributed by atoms with Crippen LogP contribution in [0.4, 0.5) is 0 Å². The van der Waals surface area contributed by atoms with E-state index >= 15 is 0 Å². The Bertz CT molecular complexity index is 1170. The van der Waals surface area contributed by atoms with Gasteiger partial charge in [0.15, 0.2) is 0 Å². The van der Waals surface area contributed by atoms with Crippen LogP contribution >= 0.6 is 0 Å². The Morgan fingerprint density at radius 1 is 1.28 bits per heavy atom. The van der Waals surface area contributed by atoms with Gasteiger partial charge in [-0.3, -0.25) is 4.79 Å². The van der Waals surface area contributed by atoms with Gasteiger partial charge in [-0.05, 0) is 48.9 Å². The highest BCUT2D eigenvalue weighted by atomic mass is 32.2. The molecule has 3 N–H and O–H groups in total. The van der Waals surface area contributed by atoms with Crippen molar-refractivity contribution >= 4 is 26.9 Å². The van der Waals surface area contributed by atoms with Crippen LogP contribution in [0.5, 0.6) is 5.75 Å². The van der Waals surface area contributed by atoms with Crippen LogP contribution in [0.3, 0.4) is 0 Å². The number of carboxylic acid groups (broad SMARTS) is 1. The molecule has 0 aliphatic carbocycles. The first kappa shape index (κ1) is 20.5. The van der Waals surface area contributed by atoms with Gasteiger partial charge in [0.25, 0.3) is 0 Å². The number of ether oxygens (including phenoxy) is 1. The standard InChI is InChI=1S/C21H20N2O5S/c1-3-10-28-16-5-7-17(8-6-16)29(26,27)23-20(21(24)25)12-15-13-22-19-9-4-14(2)11-18(15)19/h1,4-9,11,13,20,22-23H,10,12H2,2H3,(H,24,25)/t20-/m1/s1. The van der Waals surface area contributed by atoms with Crippen molar-refractivity contribution in [1.29, 1.82) is 0 Å². The quantitative estimate of drug-likeness (QED) is 0.493. The third kappa shape index (κ3) is 4.77. The van der Waals surface area contributed by atoms with Crippen molar-refractivity contribution in [2.45, 2.75) is 24.3 Å². The molecule has 1 heterocycles. The summed E-state index contributed by atoms with van der Waals surface area (Å²) in [5.41, 5.74) is 2.61. The van der Waals surface area contributed by atoms with E-state index in [1.807, 2.05) is 25.1 Å². The summed E-state index contributed by atoms with van der Waals surface area (Å²) in [6.45, 7) is 2.00. The van der Waals surface area contributed by atoms with Gasteiger partial charge in [-0.2, -0.15) is 4.72 Å². The normalized spacial score (nSPS) is 12.4. The predicted molar refractivity (Wildman–Crippen MR) is 109 cm³/mol. The van der Waals surface area contributed by atoms with Gasteiger partial charge in [0.1, 0.15) is 18.4 Å². The number of nitrogens with one attached hydrogen (secondary N) is 2. The summed E-state index contributed by atoms with van der Waals surface area (Å²) < 4.78 is 32.8. The highest BCUT2D eigenvalue weighted by Crippen LogP contribution is 2.22. The second-order valence-corrected chi connectivity index (χ2v) is 8.26. The second kappa shape index (κ2) is 8.39. The maximum atomic E-state index is 12.7. The van der Waals surface area contributed by atoms with E-state index in [0.29, 0.717) is 5.75 Å². The number of H-pyrrole nitrogens is 1. The first-order valence-corrected chi connectivity index (χ1v) is 10.3. The summed E-state index contributed by atoms with van der Waals surface area (Å²) in [5.74, 6) is 1.48. The number of carboxylic acids is 1. The van der Waals surface area contributed by atoms with Crippen LogP contribution in [0.1, 0.15) is 11.1 Å². The van der Waals surface area contributed by atoms with E-state index in [2.05, 4.69) is 15.6 Å². The predicted octanol–water partition coefficient (Wildman–Crippen LogP) is 2.46. The molecule has 0 fully saturated rings. The lowest BCUT2D eigenvalue weighted by Crippen LogP contribution is -2.42. The monoisotopic (exact) mass is 412 g/mol. The minimum atomic E-state index is -4.04. The zero-order valence-electron chi connectivity index (χ0n) is 15.7. The lowest BCUT2D eigenvalue weighted by Gasteiger charge is -2.15. The van der Waals surface area contributed by atoms with Crippen molar-refractivity contribution < 1.29 is 23.1 Å². The average Bonchev–Trinajstić information content (AvgIpc) is 3.08. The van der Waals surface area contributed by atoms with Crippen LogP contribution in [0.15, 0.2) is 53.6 Å². The van der Waals surface area contributed by atoms with E-state index < -0.39 is 22.0 Å². The Balaban J connectivity index is 1.81. The highest BCUT2D eigenvalue weighted by molar-refractivity contribution is 7.89. The van der Waals surface area contributed by atoms with Crippen molar-refractivity contribution in [2.75, 3.05) is 6.61 Å². The van der Waals surface area contributed by atoms with E-state index in [1.54, 1.807) is 6.20 Å². The van der Waals surface area contributed by atoms with E-state index in [0.717, 1.165) is 22.0 Å². The number of hydrogen-bond donors (Lipinski definition) is 3. The number of fused-ring (bicyclic) bond motifs is 1. The summed E-state index contributed by atoms with van der Waals surface area (Å²) in [4.78, 5) is 14.7. The van der Waals surface area contributed by atoms with Gasteiger partial charge in [0, 0.05) is 23.5 Å². The molecule has 1 aromatic heterocycles. The minimum absolute atomic E-state index is 0.00137. The molecule has 0 aliphatic rings. The van der Waals surface area contributed by atoms with Crippen LogP contribution in [0.25, 0.3) is 10.9 Å². The SMILES string of the molecule is C#CCOc1ccc(S(=O)(=O)N[C@H](Cc2c[nH]c3ccc(C)cc23)C(=O)O)cc1. The molecule has 7 nitrogen and oxygen atoms in total. The molecular weight excluding hydrogens is 392 g/mol. The van der Waals surface area contributed by atoms with Gasteiger partial charge in [0.05, 0.1) is 4.90 Å². The number of terminal acetylenes is 1. The first-order chi connectivity index (χ1) is 13.8. The van der Waals surface area contributed by atoms with Crippen LogP contribution < -0.4 is 9.46 Å². The highest BCUT2D eigenvalue weighted by Gasteiger charge is 2.26. The van der Waals surface area contributed by atoms with Crippen LogP contribution in [0, 0.1) is 19.3 Å². The lowest BCUT2D eigenvalue weighted by molar-refractivity contribution is -0.138. The Morgan fingerprint density at radius 3 is 2.66 bits per heavy atom. The molecule has 0 aliphatic heterocycles. The van der Waals surface area contributed by atoms with Crippen molar-refractivity contribution in [3.63, 3.8) is 0 Å². The number of benzene rings is 2. The van der Waals surface area contributed by atoms with Gasteiger partial charge in [-0.1, -0.05) is 17.6 Å². The molecule has 0 spiro atoms. The van der Waals surface area contributed by atoms with Crippen molar-refractivity contribution in [2.24, 2.45) is 0 Å². The van der Waals surface area contributed by atoms with E-state index in [4.69, 9.17) is 11.2 Å². The van der Waals surface area contributed by atoms with E-state index in [9.17, 15) is 18.3 Å². The lowest BCUT2D eigenvalue weighted by atomic mass is 10.0. The number of carbonyl (C=O) groups is 1. The fraction of sp³-hybridized carbons (Fsp3) is 0.190. The Morgan fingerprint density at radius 2 is 2.00 bits per heavy atom. The first-order valence-electron chi connectivity index (χ1n) is 8.78. The molecule has 0 saturated heterocycles. The molecular formula is C21H20N2O5S. The molecule has 150 valence electrons. The third-order valence-corrected chi connectivity index (χ3v) is 5.89. The number of aromatic nitrogens is 1. The summed E-state index contributed by atoms with van der Waals surface area (Å²) in [7, 11) is -4.04. The number of aryl methyl sites for hydroxylation is 1. The van der Waals surface area contributed by atoms with Gasteiger partial charge in [-0.25, -0.2) is 8.42 Å². The molecule has 1 atom stereocenters. The molecule has 29 heavy (non-hydrogen) atoms. The largest absolute Gasteiger partial charge is 0.481 e. The molecule has 0 bridgehead atoms. The number of aliphatic carboxylic acids is 1. The number of sulfonamides is 1. The van der Waals surface area contributed by atoms with Gasteiger partial charge >= 0.3 is 5.97 Å². The van der Waals surface area contributed by atoms with Crippen LogP contribution in [0.2, 0.25) is 0 Å². The molecule has 0 saturated carbocycles. The van der Waals surface area contributed by atoms with Gasteiger partial charge < -0.3 is 14.8 Å². The number of rotatable bonds is 8. The molecule has 2 aromatic carbocycles. The Kier molecular flexibility index (Phi) is 5.92. The Hall–Kier alpha value is -3.28. The average molecular weight is 412 g/mol. The smallest absolute Gasteiger partial charge is 0.322 e. The fourth-order valence-electron chi connectivity index (χ4n) is 2.96. The molecule has 0 amide bonds. The third-order valence-electron chi connectivity index (χ3n) is 4.40. The summed E-state index contributed by atoms with van der Waals surface area (Å²) in [6, 6.07) is 10.0. The zero-order chi connectivity index (χ0) is 21.0. The van der Waals surface area contributed by atoms with E-state index in [1.165, 1.54) is 24.3 Å². The van der Waals surface area contributed by atoms with Crippen molar-refractivity contribution in [1.82, 2.24) is 9.71 Å². The van der Waals surface area contributed by atoms with Crippen molar-refractivity contribution in [3.05, 3.63) is 59.8 Å². The summed E-state index contributed by atoms with van der Waals surface area (Å²) in [5, 5.41) is 10.4. The molecule has 3 aromatic rings. The molecule has 3 rings (SSSR count). The van der Waals surface area contributed by atoms with Gasteiger partial charge in [0.2, 0.25) is 10.0 Å². The maximum Gasteiger partial charge on any atom is 0.322 e. The molecule has 8 heteroatoms. The number of hydrogen-bond acceptors (Lipinski definition) is 4. The zero-order valence-corrected chi connectivity index (χ0v) is 16.5. The van der Waals surface area contributed by atoms with Crippen LogP contribution in [-0.2, 0) is 21.2 Å². The Labute approximate surface area is 168 Å². The van der Waals surface area contributed by atoms with Crippen LogP contribution in [-0.4, -0.2) is 37.1 Å². The fourth-order valence-corrected chi connectivity index (χ4v) is 4.14. The molecule has 0 unspecified atom stereocenters. The maximum absolute atomic E-state index is 12.7. The second-order valence-electron chi connectivity index (χ2n) is 6.54. The summed E-state index contributed by atoms with van der Waals surface area (Å²) >= 11 is 0. The minimum Gasteiger partial charge on any atom is -0.481 e.